The quantitative estimate of drug-likeness (QED) is 0.819. The molecule has 4 heteroatoms. The first-order chi connectivity index (χ1) is 13.8. The van der Waals surface area contributed by atoms with Crippen LogP contribution >= 0.6 is 0 Å². The van der Waals surface area contributed by atoms with Crippen LogP contribution < -0.4 is 10.2 Å². The minimum atomic E-state index is 0.177. The van der Waals surface area contributed by atoms with E-state index in [9.17, 15) is 4.79 Å². The number of nitrogens with zero attached hydrogens (tertiary/aromatic N) is 2. The van der Waals surface area contributed by atoms with Crippen LogP contribution in [0.4, 0.5) is 11.4 Å². The Morgan fingerprint density at radius 1 is 0.964 bits per heavy atom. The van der Waals surface area contributed by atoms with Crippen LogP contribution in [-0.2, 0) is 4.79 Å². The van der Waals surface area contributed by atoms with Gasteiger partial charge in [-0.2, -0.15) is 0 Å². The van der Waals surface area contributed by atoms with Crippen molar-refractivity contribution in [2.24, 2.45) is 5.92 Å². The van der Waals surface area contributed by atoms with E-state index in [1.165, 1.54) is 17.7 Å². The molecule has 1 saturated heterocycles. The van der Waals surface area contributed by atoms with Gasteiger partial charge in [-0.25, -0.2) is 0 Å². The number of nitrogens with one attached hydrogen (secondary N) is 1. The molecule has 1 amide bonds. The summed E-state index contributed by atoms with van der Waals surface area (Å²) in [7, 11) is 0. The third kappa shape index (κ3) is 4.82. The molecule has 1 saturated carbocycles. The number of carbonyl (C=O) groups is 1. The molecule has 2 aromatic carbocycles. The van der Waals surface area contributed by atoms with Crippen LogP contribution in [0.5, 0.6) is 0 Å². The lowest BCUT2D eigenvalue weighted by atomic mass is 9.85. The molecule has 0 bridgehead atoms. The van der Waals surface area contributed by atoms with Crippen molar-refractivity contribution >= 4 is 23.4 Å². The molecule has 0 radical (unpaired) electrons. The number of anilines is 2. The zero-order valence-electron chi connectivity index (χ0n) is 16.4. The fourth-order valence-corrected chi connectivity index (χ4v) is 3.76. The lowest BCUT2D eigenvalue weighted by Gasteiger charge is -2.35. The molecule has 1 aliphatic heterocycles. The number of hydrogen-bond donors (Lipinski definition) is 1. The maximum Gasteiger partial charge on any atom is 0.227 e. The van der Waals surface area contributed by atoms with E-state index < -0.39 is 0 Å². The molecule has 0 spiro atoms. The molecule has 4 rings (SSSR count). The Labute approximate surface area is 167 Å². The van der Waals surface area contributed by atoms with E-state index in [1.807, 2.05) is 18.2 Å². The Morgan fingerprint density at radius 3 is 2.32 bits per heavy atom. The second-order valence-electron chi connectivity index (χ2n) is 7.76. The second kappa shape index (κ2) is 9.07. The van der Waals surface area contributed by atoms with E-state index in [1.54, 1.807) is 0 Å². The molecule has 2 aromatic rings. The van der Waals surface area contributed by atoms with Crippen molar-refractivity contribution in [3.63, 3.8) is 0 Å². The SMILES string of the molecule is O=C(Nc1ccc(N2CCN(C/C=C/c3ccccc3)CC2)cc1)C1CCC1. The fraction of sp³-hybridized carbons (Fsp3) is 0.375. The molecular weight excluding hydrogens is 346 g/mol. The van der Waals surface area contributed by atoms with Gasteiger partial charge in [-0.3, -0.25) is 9.69 Å². The summed E-state index contributed by atoms with van der Waals surface area (Å²) in [5, 5.41) is 3.04. The average Bonchev–Trinajstić information content (AvgIpc) is 2.69. The summed E-state index contributed by atoms with van der Waals surface area (Å²) >= 11 is 0. The van der Waals surface area contributed by atoms with Crippen molar-refractivity contribution in [2.75, 3.05) is 42.9 Å². The standard InChI is InChI=1S/C24H29N3O/c28-24(21-9-4-10-21)25-22-11-13-23(14-12-22)27-18-16-26(17-19-27)15-5-8-20-6-2-1-3-7-20/h1-3,5-8,11-14,21H,4,9-10,15-19H2,(H,25,28)/b8-5+. The molecule has 2 fully saturated rings. The zero-order chi connectivity index (χ0) is 19.2. The molecule has 146 valence electrons. The van der Waals surface area contributed by atoms with Gasteiger partial charge in [0.05, 0.1) is 0 Å². The van der Waals surface area contributed by atoms with E-state index in [4.69, 9.17) is 0 Å². The first-order valence-electron chi connectivity index (χ1n) is 10.4. The summed E-state index contributed by atoms with van der Waals surface area (Å²) in [5.41, 5.74) is 3.40. The molecule has 1 N–H and O–H groups in total. The van der Waals surface area contributed by atoms with Crippen LogP contribution in [0, 0.1) is 5.92 Å². The van der Waals surface area contributed by atoms with Gasteiger partial charge in [-0.05, 0) is 42.7 Å². The second-order valence-corrected chi connectivity index (χ2v) is 7.76. The van der Waals surface area contributed by atoms with E-state index in [2.05, 4.69) is 63.7 Å². The predicted octanol–water partition coefficient (Wildman–Crippen LogP) is 4.26. The highest BCUT2D eigenvalue weighted by Crippen LogP contribution is 2.28. The van der Waals surface area contributed by atoms with Gasteiger partial charge in [0.15, 0.2) is 0 Å². The summed E-state index contributed by atoms with van der Waals surface area (Å²) < 4.78 is 0. The van der Waals surface area contributed by atoms with Gasteiger partial charge in [-0.1, -0.05) is 48.9 Å². The normalized spacial score (nSPS) is 18.2. The Kier molecular flexibility index (Phi) is 6.07. The van der Waals surface area contributed by atoms with Crippen molar-refractivity contribution in [2.45, 2.75) is 19.3 Å². The lowest BCUT2D eigenvalue weighted by Crippen LogP contribution is -2.46. The smallest absolute Gasteiger partial charge is 0.227 e. The fourth-order valence-electron chi connectivity index (χ4n) is 3.76. The number of piperazine rings is 1. The maximum absolute atomic E-state index is 12.1. The van der Waals surface area contributed by atoms with Gasteiger partial charge in [-0.15, -0.1) is 0 Å². The number of carbonyl (C=O) groups excluding carboxylic acids is 1. The van der Waals surface area contributed by atoms with Crippen molar-refractivity contribution in [3.05, 3.63) is 66.2 Å². The maximum atomic E-state index is 12.1. The molecule has 0 aromatic heterocycles. The van der Waals surface area contributed by atoms with Gasteiger partial charge < -0.3 is 10.2 Å². The Bertz CT molecular complexity index is 788. The van der Waals surface area contributed by atoms with Crippen LogP contribution in [0.25, 0.3) is 6.08 Å². The monoisotopic (exact) mass is 375 g/mol. The zero-order valence-corrected chi connectivity index (χ0v) is 16.4. The highest BCUT2D eigenvalue weighted by molar-refractivity contribution is 5.93. The van der Waals surface area contributed by atoms with E-state index in [-0.39, 0.29) is 11.8 Å². The van der Waals surface area contributed by atoms with E-state index >= 15 is 0 Å². The molecule has 4 nitrogen and oxygen atoms in total. The van der Waals surface area contributed by atoms with Crippen LogP contribution in [0.3, 0.4) is 0 Å². The molecule has 1 heterocycles. The van der Waals surface area contributed by atoms with Gasteiger partial charge in [0.25, 0.3) is 0 Å². The van der Waals surface area contributed by atoms with Crippen molar-refractivity contribution in [1.29, 1.82) is 0 Å². The third-order valence-electron chi connectivity index (χ3n) is 5.82. The van der Waals surface area contributed by atoms with Crippen LogP contribution in [0.2, 0.25) is 0 Å². The van der Waals surface area contributed by atoms with Gasteiger partial charge in [0.2, 0.25) is 5.91 Å². The van der Waals surface area contributed by atoms with Crippen LogP contribution in [0.15, 0.2) is 60.7 Å². The molecule has 28 heavy (non-hydrogen) atoms. The Hall–Kier alpha value is -2.59. The number of rotatable bonds is 6. The highest BCUT2D eigenvalue weighted by Gasteiger charge is 2.25. The van der Waals surface area contributed by atoms with Gasteiger partial charge >= 0.3 is 0 Å². The minimum absolute atomic E-state index is 0.177. The third-order valence-corrected chi connectivity index (χ3v) is 5.82. The number of hydrogen-bond acceptors (Lipinski definition) is 3. The molecule has 0 atom stereocenters. The van der Waals surface area contributed by atoms with Crippen molar-refractivity contribution < 1.29 is 4.79 Å². The summed E-state index contributed by atoms with van der Waals surface area (Å²) in [6.07, 6.45) is 7.71. The molecule has 1 aliphatic carbocycles. The summed E-state index contributed by atoms with van der Waals surface area (Å²) in [6.45, 7) is 5.20. The molecule has 0 unspecified atom stereocenters. The van der Waals surface area contributed by atoms with Crippen LogP contribution in [0.1, 0.15) is 24.8 Å². The first-order valence-corrected chi connectivity index (χ1v) is 10.4. The summed E-state index contributed by atoms with van der Waals surface area (Å²) in [5.74, 6) is 0.403. The number of benzene rings is 2. The Balaban J connectivity index is 1.23. The van der Waals surface area contributed by atoms with E-state index in [0.29, 0.717) is 0 Å². The lowest BCUT2D eigenvalue weighted by molar-refractivity contribution is -0.122. The average molecular weight is 376 g/mol. The summed E-state index contributed by atoms with van der Waals surface area (Å²) in [4.78, 5) is 17.0. The van der Waals surface area contributed by atoms with Gasteiger partial charge in [0.1, 0.15) is 0 Å². The Morgan fingerprint density at radius 2 is 1.68 bits per heavy atom. The van der Waals surface area contributed by atoms with Crippen molar-refractivity contribution in [3.8, 4) is 0 Å². The first kappa shape index (κ1) is 18.8. The minimum Gasteiger partial charge on any atom is -0.369 e. The largest absolute Gasteiger partial charge is 0.369 e. The molecule has 2 aliphatic rings. The van der Waals surface area contributed by atoms with E-state index in [0.717, 1.165) is 51.3 Å². The predicted molar refractivity (Wildman–Crippen MR) is 117 cm³/mol. The summed E-state index contributed by atoms with van der Waals surface area (Å²) in [6, 6.07) is 18.8. The topological polar surface area (TPSA) is 35.6 Å². The van der Waals surface area contributed by atoms with Crippen LogP contribution in [-0.4, -0.2) is 43.5 Å². The van der Waals surface area contributed by atoms with Crippen molar-refractivity contribution in [1.82, 2.24) is 4.90 Å². The van der Waals surface area contributed by atoms with Gasteiger partial charge in [0, 0.05) is 50.0 Å². The highest BCUT2D eigenvalue weighted by atomic mass is 16.1. The number of amides is 1. The molecular formula is C24H29N3O.